The van der Waals surface area contributed by atoms with E-state index in [2.05, 4.69) is 5.32 Å². The quantitative estimate of drug-likeness (QED) is 0.518. The summed E-state index contributed by atoms with van der Waals surface area (Å²) in [6, 6.07) is 0. The van der Waals surface area contributed by atoms with Crippen LogP contribution in [0.4, 0.5) is 0 Å². The van der Waals surface area contributed by atoms with E-state index in [-0.39, 0.29) is 12.1 Å². The van der Waals surface area contributed by atoms with E-state index in [1.165, 1.54) is 13.5 Å². The van der Waals surface area contributed by atoms with Crippen LogP contribution in [0.2, 0.25) is 0 Å². The molecule has 1 saturated heterocycles. The molecule has 0 bridgehead atoms. The Kier molecular flexibility index (Phi) is 8.11. The summed E-state index contributed by atoms with van der Waals surface area (Å²) in [4.78, 5) is 11.8. The second-order valence-electron chi connectivity index (χ2n) is 5.52. The van der Waals surface area contributed by atoms with Crippen molar-refractivity contribution in [3.63, 3.8) is 0 Å². The highest BCUT2D eigenvalue weighted by molar-refractivity contribution is 5.80. The fourth-order valence-electron chi connectivity index (χ4n) is 2.56. The fraction of sp³-hybridized carbons (Fsp3) is 0.933. The second-order valence-corrected chi connectivity index (χ2v) is 5.52. The summed E-state index contributed by atoms with van der Waals surface area (Å²) in [5.74, 6) is -0.213. The summed E-state index contributed by atoms with van der Waals surface area (Å²) in [5, 5.41) is 3.20. The molecule has 0 aromatic rings. The normalized spacial score (nSPS) is 22.2. The minimum atomic E-state index is -0.617. The Morgan fingerprint density at radius 1 is 1.45 bits per heavy atom. The molecule has 1 fully saturated rings. The van der Waals surface area contributed by atoms with Gasteiger partial charge in [0, 0.05) is 13.2 Å². The molecule has 2 atom stereocenters. The van der Waals surface area contributed by atoms with Crippen molar-refractivity contribution < 1.29 is 19.0 Å². The maximum Gasteiger partial charge on any atom is 0.325 e. The van der Waals surface area contributed by atoms with Gasteiger partial charge in [0.05, 0.1) is 19.8 Å². The van der Waals surface area contributed by atoms with Crippen molar-refractivity contribution in [2.75, 3.05) is 33.5 Å². The zero-order chi connectivity index (χ0) is 14.8. The summed E-state index contributed by atoms with van der Waals surface area (Å²) in [6.45, 7) is 6.77. The van der Waals surface area contributed by atoms with E-state index in [0.29, 0.717) is 19.6 Å². The number of rotatable bonds is 9. The Balaban J connectivity index is 2.18. The van der Waals surface area contributed by atoms with E-state index in [9.17, 15) is 4.79 Å². The van der Waals surface area contributed by atoms with E-state index < -0.39 is 5.54 Å². The molecule has 0 amide bonds. The standard InChI is InChI=1S/C15H29NO4/c1-4-16-15(2,14(17)18-3)9-7-10-19-12-13-8-5-6-11-20-13/h13,16H,4-12H2,1-3H3. The lowest BCUT2D eigenvalue weighted by Gasteiger charge is -2.27. The molecule has 1 rings (SSSR count). The van der Waals surface area contributed by atoms with Crippen LogP contribution in [0.25, 0.3) is 0 Å². The van der Waals surface area contributed by atoms with Crippen LogP contribution in [0.3, 0.4) is 0 Å². The molecule has 1 N–H and O–H groups in total. The number of methoxy groups -OCH3 is 1. The first-order valence-electron chi connectivity index (χ1n) is 7.65. The minimum Gasteiger partial charge on any atom is -0.468 e. The molecule has 1 aliphatic heterocycles. The average molecular weight is 287 g/mol. The first kappa shape index (κ1) is 17.4. The van der Waals surface area contributed by atoms with E-state index in [1.807, 2.05) is 13.8 Å². The summed E-state index contributed by atoms with van der Waals surface area (Å²) in [7, 11) is 1.43. The number of likely N-dealkylation sites (N-methyl/N-ethyl adjacent to an activating group) is 1. The van der Waals surface area contributed by atoms with E-state index in [4.69, 9.17) is 14.2 Å². The molecule has 0 saturated carbocycles. The summed E-state index contributed by atoms with van der Waals surface area (Å²) in [5.41, 5.74) is -0.617. The molecular formula is C15H29NO4. The van der Waals surface area contributed by atoms with Crippen molar-refractivity contribution in [1.82, 2.24) is 5.32 Å². The summed E-state index contributed by atoms with van der Waals surface area (Å²) < 4.78 is 16.1. The van der Waals surface area contributed by atoms with Gasteiger partial charge in [-0.1, -0.05) is 6.92 Å². The van der Waals surface area contributed by atoms with Crippen molar-refractivity contribution in [2.24, 2.45) is 0 Å². The first-order chi connectivity index (χ1) is 9.62. The van der Waals surface area contributed by atoms with Gasteiger partial charge in [0.1, 0.15) is 5.54 Å². The molecule has 5 heteroatoms. The van der Waals surface area contributed by atoms with Crippen molar-refractivity contribution in [2.45, 2.75) is 57.6 Å². The van der Waals surface area contributed by atoms with E-state index in [0.717, 1.165) is 32.4 Å². The van der Waals surface area contributed by atoms with Crippen LogP contribution in [0, 0.1) is 0 Å². The van der Waals surface area contributed by atoms with Crippen molar-refractivity contribution >= 4 is 5.97 Å². The van der Waals surface area contributed by atoms with E-state index >= 15 is 0 Å². The molecule has 20 heavy (non-hydrogen) atoms. The molecule has 0 radical (unpaired) electrons. The third-order valence-corrected chi connectivity index (χ3v) is 3.75. The second kappa shape index (κ2) is 9.32. The Labute approximate surface area is 122 Å². The molecule has 118 valence electrons. The topological polar surface area (TPSA) is 56.8 Å². The lowest BCUT2D eigenvalue weighted by atomic mass is 9.96. The fourth-order valence-corrected chi connectivity index (χ4v) is 2.56. The lowest BCUT2D eigenvalue weighted by Crippen LogP contribution is -2.50. The number of nitrogens with one attached hydrogen (secondary N) is 1. The van der Waals surface area contributed by atoms with Crippen LogP contribution >= 0.6 is 0 Å². The molecule has 5 nitrogen and oxygen atoms in total. The predicted molar refractivity (Wildman–Crippen MR) is 77.7 cm³/mol. The number of hydrogen-bond acceptors (Lipinski definition) is 5. The van der Waals surface area contributed by atoms with Crippen LogP contribution in [0.1, 0.15) is 46.0 Å². The maximum absolute atomic E-state index is 11.8. The van der Waals surface area contributed by atoms with E-state index in [1.54, 1.807) is 0 Å². The molecule has 0 aromatic heterocycles. The largest absolute Gasteiger partial charge is 0.468 e. The van der Waals surface area contributed by atoms with Gasteiger partial charge in [0.25, 0.3) is 0 Å². The molecule has 2 unspecified atom stereocenters. The SMILES string of the molecule is CCNC(C)(CCCOCC1CCCCO1)C(=O)OC. The van der Waals surface area contributed by atoms with Crippen LogP contribution in [-0.2, 0) is 19.0 Å². The van der Waals surface area contributed by atoms with Gasteiger partial charge in [-0.25, -0.2) is 0 Å². The van der Waals surface area contributed by atoms with Crippen LogP contribution < -0.4 is 5.32 Å². The minimum absolute atomic E-state index is 0.213. The lowest BCUT2D eigenvalue weighted by molar-refractivity contribution is -0.148. The van der Waals surface area contributed by atoms with Crippen molar-refractivity contribution in [3.8, 4) is 0 Å². The molecule has 0 aliphatic carbocycles. The van der Waals surface area contributed by atoms with Crippen LogP contribution in [0.5, 0.6) is 0 Å². The molecule has 0 aromatic carbocycles. The third-order valence-electron chi connectivity index (χ3n) is 3.75. The van der Waals surface area contributed by atoms with Gasteiger partial charge >= 0.3 is 5.97 Å². The molecular weight excluding hydrogens is 258 g/mol. The van der Waals surface area contributed by atoms with Gasteiger partial charge in [-0.05, 0) is 45.6 Å². The summed E-state index contributed by atoms with van der Waals surface area (Å²) in [6.07, 6.45) is 5.28. The number of esters is 1. The average Bonchev–Trinajstić information content (AvgIpc) is 2.47. The Morgan fingerprint density at radius 2 is 2.25 bits per heavy atom. The first-order valence-corrected chi connectivity index (χ1v) is 7.65. The number of carbonyl (C=O) groups excluding carboxylic acids is 1. The molecule has 1 heterocycles. The van der Waals surface area contributed by atoms with Gasteiger partial charge in [-0.2, -0.15) is 0 Å². The third kappa shape index (κ3) is 5.77. The van der Waals surface area contributed by atoms with Gasteiger partial charge < -0.3 is 19.5 Å². The van der Waals surface area contributed by atoms with Crippen molar-refractivity contribution in [1.29, 1.82) is 0 Å². The summed E-state index contributed by atoms with van der Waals surface area (Å²) >= 11 is 0. The molecule has 0 spiro atoms. The Hall–Kier alpha value is -0.650. The van der Waals surface area contributed by atoms with Gasteiger partial charge in [-0.3, -0.25) is 4.79 Å². The van der Waals surface area contributed by atoms with Crippen LogP contribution in [-0.4, -0.2) is 51.1 Å². The maximum atomic E-state index is 11.8. The Bertz CT molecular complexity index is 279. The Morgan fingerprint density at radius 3 is 2.85 bits per heavy atom. The van der Waals surface area contributed by atoms with Crippen LogP contribution in [0.15, 0.2) is 0 Å². The number of hydrogen-bond donors (Lipinski definition) is 1. The highest BCUT2D eigenvalue weighted by Gasteiger charge is 2.32. The van der Waals surface area contributed by atoms with Gasteiger partial charge in [-0.15, -0.1) is 0 Å². The van der Waals surface area contributed by atoms with Gasteiger partial charge in [0.15, 0.2) is 0 Å². The monoisotopic (exact) mass is 287 g/mol. The number of carbonyl (C=O) groups is 1. The highest BCUT2D eigenvalue weighted by atomic mass is 16.5. The predicted octanol–water partition coefficient (Wildman–Crippen LogP) is 1.89. The number of ether oxygens (including phenoxy) is 3. The van der Waals surface area contributed by atoms with Gasteiger partial charge in [0.2, 0.25) is 0 Å². The van der Waals surface area contributed by atoms with Crippen molar-refractivity contribution in [3.05, 3.63) is 0 Å². The smallest absolute Gasteiger partial charge is 0.325 e. The highest BCUT2D eigenvalue weighted by Crippen LogP contribution is 2.16. The zero-order valence-electron chi connectivity index (χ0n) is 13.1. The zero-order valence-corrected chi connectivity index (χ0v) is 13.1. The molecule has 1 aliphatic rings.